The van der Waals surface area contributed by atoms with Crippen molar-refractivity contribution in [3.8, 4) is 0 Å². The highest BCUT2D eigenvalue weighted by Gasteiger charge is 2.15. The second-order valence-electron chi connectivity index (χ2n) is 5.65. The number of nitrogens with one attached hydrogen (secondary N) is 2. The van der Waals surface area contributed by atoms with E-state index >= 15 is 0 Å². The zero-order chi connectivity index (χ0) is 16.6. The van der Waals surface area contributed by atoms with Crippen LogP contribution in [0.5, 0.6) is 0 Å². The van der Waals surface area contributed by atoms with E-state index in [2.05, 4.69) is 15.8 Å². The summed E-state index contributed by atoms with van der Waals surface area (Å²) in [6, 6.07) is 20.1. The maximum atomic E-state index is 5.58. The average molecular weight is 339 g/mol. The van der Waals surface area contributed by atoms with E-state index in [0.29, 0.717) is 11.7 Å². The number of nitrogens with zero attached hydrogens (tertiary/aromatic N) is 1. The zero-order valence-electron chi connectivity index (χ0n) is 13.4. The Bertz CT molecular complexity index is 641. The molecule has 1 fully saturated rings. The number of hydrogen-bond donors (Lipinski definition) is 2. The topological polar surface area (TPSA) is 45.6 Å². The summed E-state index contributed by atoms with van der Waals surface area (Å²) in [6.45, 7) is 1.56. The fraction of sp³-hybridized carbons (Fsp3) is 0.263. The van der Waals surface area contributed by atoms with E-state index in [1.54, 1.807) is 0 Å². The van der Waals surface area contributed by atoms with Crippen LogP contribution in [0.3, 0.4) is 0 Å². The molecule has 1 atom stereocenters. The highest BCUT2D eigenvalue weighted by Crippen LogP contribution is 2.11. The highest BCUT2D eigenvalue weighted by atomic mass is 32.1. The summed E-state index contributed by atoms with van der Waals surface area (Å²) in [6.07, 6.45) is 2.45. The van der Waals surface area contributed by atoms with Gasteiger partial charge >= 0.3 is 0 Å². The van der Waals surface area contributed by atoms with Gasteiger partial charge in [0.25, 0.3) is 0 Å². The first-order valence-corrected chi connectivity index (χ1v) is 8.58. The molecule has 1 heterocycles. The van der Waals surface area contributed by atoms with Crippen molar-refractivity contribution < 1.29 is 4.74 Å². The molecule has 0 radical (unpaired) electrons. The van der Waals surface area contributed by atoms with Crippen LogP contribution in [0.25, 0.3) is 0 Å². The van der Waals surface area contributed by atoms with Crippen LogP contribution in [0.15, 0.2) is 65.8 Å². The largest absolute Gasteiger partial charge is 0.376 e. The summed E-state index contributed by atoms with van der Waals surface area (Å²) < 4.78 is 5.58. The molecule has 4 nitrogen and oxygen atoms in total. The van der Waals surface area contributed by atoms with Gasteiger partial charge in [0.2, 0.25) is 0 Å². The number of hydrazone groups is 1. The van der Waals surface area contributed by atoms with Crippen LogP contribution in [0.4, 0.5) is 0 Å². The Labute approximate surface area is 147 Å². The summed E-state index contributed by atoms with van der Waals surface area (Å²) in [5.41, 5.74) is 5.90. The first-order chi connectivity index (χ1) is 11.8. The van der Waals surface area contributed by atoms with Crippen molar-refractivity contribution in [1.29, 1.82) is 0 Å². The first kappa shape index (κ1) is 16.6. The number of hydrogen-bond acceptors (Lipinski definition) is 3. The number of rotatable bonds is 5. The molecule has 1 aliphatic heterocycles. The van der Waals surface area contributed by atoms with Crippen molar-refractivity contribution in [3.05, 3.63) is 71.8 Å². The standard InChI is InChI=1S/C19H21N3OS/c24-19(20-14-17-12-7-13-23-17)22-21-18(15-8-3-1-4-9-15)16-10-5-2-6-11-16/h1-6,8-11,17H,7,12-14H2,(H2,20,22,24)/t17-/m1/s1. The fourth-order valence-electron chi connectivity index (χ4n) is 2.65. The minimum absolute atomic E-state index is 0.247. The SMILES string of the molecule is S=C(NC[C@H]1CCCO1)NN=C(c1ccccc1)c1ccccc1. The van der Waals surface area contributed by atoms with Gasteiger partial charge in [-0.2, -0.15) is 5.10 Å². The lowest BCUT2D eigenvalue weighted by molar-refractivity contribution is 0.114. The molecule has 3 rings (SSSR count). The number of thiocarbonyl (C=S) groups is 1. The molecule has 0 aliphatic carbocycles. The van der Waals surface area contributed by atoms with Crippen LogP contribution < -0.4 is 10.7 Å². The van der Waals surface area contributed by atoms with Gasteiger partial charge in [-0.15, -0.1) is 0 Å². The zero-order valence-corrected chi connectivity index (χ0v) is 14.3. The monoisotopic (exact) mass is 339 g/mol. The van der Waals surface area contributed by atoms with Gasteiger partial charge in [-0.1, -0.05) is 60.7 Å². The molecular weight excluding hydrogens is 318 g/mol. The molecule has 2 aromatic carbocycles. The molecule has 124 valence electrons. The van der Waals surface area contributed by atoms with Gasteiger partial charge in [0, 0.05) is 24.3 Å². The second-order valence-corrected chi connectivity index (χ2v) is 6.06. The van der Waals surface area contributed by atoms with Crippen LogP contribution in [-0.2, 0) is 4.74 Å². The maximum Gasteiger partial charge on any atom is 0.187 e. The van der Waals surface area contributed by atoms with Gasteiger partial charge < -0.3 is 10.1 Å². The molecule has 0 bridgehead atoms. The van der Waals surface area contributed by atoms with Crippen molar-refractivity contribution in [2.24, 2.45) is 5.10 Å². The van der Waals surface area contributed by atoms with E-state index in [9.17, 15) is 0 Å². The lowest BCUT2D eigenvalue weighted by atomic mass is 10.0. The molecule has 0 spiro atoms. The lowest BCUT2D eigenvalue weighted by Crippen LogP contribution is -2.37. The molecule has 1 aliphatic rings. The summed E-state index contributed by atoms with van der Waals surface area (Å²) in [4.78, 5) is 0. The van der Waals surface area contributed by atoms with Crippen LogP contribution >= 0.6 is 12.2 Å². The number of benzene rings is 2. The maximum absolute atomic E-state index is 5.58. The van der Waals surface area contributed by atoms with Gasteiger partial charge in [-0.05, 0) is 25.1 Å². The second kappa shape index (κ2) is 8.57. The van der Waals surface area contributed by atoms with Crippen LogP contribution in [0.1, 0.15) is 24.0 Å². The van der Waals surface area contributed by atoms with Gasteiger partial charge in [0.05, 0.1) is 11.8 Å². The minimum atomic E-state index is 0.247. The van der Waals surface area contributed by atoms with Crippen LogP contribution in [0.2, 0.25) is 0 Å². The van der Waals surface area contributed by atoms with Crippen molar-refractivity contribution in [3.63, 3.8) is 0 Å². The molecule has 2 N–H and O–H groups in total. The Morgan fingerprint density at radius 2 is 1.67 bits per heavy atom. The lowest BCUT2D eigenvalue weighted by Gasteiger charge is -2.13. The van der Waals surface area contributed by atoms with Crippen molar-refractivity contribution in [2.45, 2.75) is 18.9 Å². The third-order valence-electron chi connectivity index (χ3n) is 3.88. The summed E-state index contributed by atoms with van der Waals surface area (Å²) >= 11 is 5.32. The molecular formula is C19H21N3OS. The third kappa shape index (κ3) is 4.63. The molecule has 24 heavy (non-hydrogen) atoms. The van der Waals surface area contributed by atoms with E-state index in [1.165, 1.54) is 0 Å². The molecule has 1 saturated heterocycles. The molecule has 0 saturated carbocycles. The van der Waals surface area contributed by atoms with E-state index in [-0.39, 0.29) is 6.10 Å². The Hall–Kier alpha value is -2.24. The van der Waals surface area contributed by atoms with E-state index < -0.39 is 0 Å². The van der Waals surface area contributed by atoms with Crippen LogP contribution in [0, 0.1) is 0 Å². The fourth-order valence-corrected chi connectivity index (χ4v) is 2.77. The Morgan fingerprint density at radius 1 is 1.04 bits per heavy atom. The molecule has 5 heteroatoms. The van der Waals surface area contributed by atoms with Gasteiger partial charge in [-0.3, -0.25) is 5.43 Å². The predicted octanol–water partition coefficient (Wildman–Crippen LogP) is 3.08. The molecule has 0 unspecified atom stereocenters. The average Bonchev–Trinajstić information content (AvgIpc) is 3.16. The predicted molar refractivity (Wildman–Crippen MR) is 101 cm³/mol. The first-order valence-electron chi connectivity index (χ1n) is 8.17. The molecule has 0 amide bonds. The number of ether oxygens (including phenoxy) is 1. The summed E-state index contributed by atoms with van der Waals surface area (Å²) in [5.74, 6) is 0. The minimum Gasteiger partial charge on any atom is -0.376 e. The van der Waals surface area contributed by atoms with E-state index in [1.807, 2.05) is 60.7 Å². The van der Waals surface area contributed by atoms with Crippen molar-refractivity contribution >= 4 is 23.0 Å². The van der Waals surface area contributed by atoms with E-state index in [0.717, 1.165) is 36.3 Å². The highest BCUT2D eigenvalue weighted by molar-refractivity contribution is 7.80. The van der Waals surface area contributed by atoms with Gasteiger partial charge in [0.1, 0.15) is 0 Å². The Morgan fingerprint density at radius 3 is 2.21 bits per heavy atom. The van der Waals surface area contributed by atoms with Crippen molar-refractivity contribution in [1.82, 2.24) is 10.7 Å². The Kier molecular flexibility index (Phi) is 5.93. The van der Waals surface area contributed by atoms with E-state index in [4.69, 9.17) is 17.0 Å². The Balaban J connectivity index is 1.68. The molecule has 2 aromatic rings. The third-order valence-corrected chi connectivity index (χ3v) is 4.11. The smallest absolute Gasteiger partial charge is 0.187 e. The quantitative estimate of drug-likeness (QED) is 0.499. The normalized spacial score (nSPS) is 16.4. The summed E-state index contributed by atoms with van der Waals surface area (Å²) in [7, 11) is 0. The van der Waals surface area contributed by atoms with Crippen LogP contribution in [-0.4, -0.2) is 30.1 Å². The summed E-state index contributed by atoms with van der Waals surface area (Å²) in [5, 5.41) is 8.21. The molecule has 0 aromatic heterocycles. The van der Waals surface area contributed by atoms with Gasteiger partial charge in [-0.25, -0.2) is 0 Å². The van der Waals surface area contributed by atoms with Gasteiger partial charge in [0.15, 0.2) is 5.11 Å². The van der Waals surface area contributed by atoms with Crippen molar-refractivity contribution in [2.75, 3.05) is 13.2 Å².